The Kier molecular flexibility index (Phi) is 6.38. The molecule has 5 heteroatoms. The molecule has 9 aromatic carbocycles. The maximum atomic E-state index is 5.02. The Bertz CT molecular complexity index is 3710. The summed E-state index contributed by atoms with van der Waals surface area (Å²) in [5.41, 5.74) is 10.0. The molecule has 0 spiro atoms. The fourth-order valence-electron chi connectivity index (χ4n) is 9.54. The Balaban J connectivity index is 1.10. The van der Waals surface area contributed by atoms with Crippen LogP contribution in [0.2, 0.25) is 0 Å². The molecule has 0 aliphatic carbocycles. The van der Waals surface area contributed by atoms with Crippen LogP contribution < -0.4 is 0 Å². The Labute approximate surface area is 332 Å². The molecule has 0 atom stereocenters. The molecule has 0 fully saturated rings. The lowest BCUT2D eigenvalue weighted by atomic mass is 9.98. The minimum atomic E-state index is 0.638. The summed E-state index contributed by atoms with van der Waals surface area (Å²) in [6.07, 6.45) is 0. The zero-order valence-corrected chi connectivity index (χ0v) is 31.1. The van der Waals surface area contributed by atoms with Crippen LogP contribution >= 0.6 is 0 Å². The molecular weight excluding hydrogens is 707 g/mol. The first kappa shape index (κ1) is 31.3. The average molecular weight is 738 g/mol. The van der Waals surface area contributed by atoms with E-state index < -0.39 is 0 Å². The van der Waals surface area contributed by atoms with Gasteiger partial charge in [-0.3, -0.25) is 0 Å². The molecule has 4 aromatic heterocycles. The van der Waals surface area contributed by atoms with Crippen molar-refractivity contribution in [2.45, 2.75) is 0 Å². The van der Waals surface area contributed by atoms with Crippen molar-refractivity contribution in [2.75, 3.05) is 0 Å². The van der Waals surface area contributed by atoms with Gasteiger partial charge in [0.1, 0.15) is 0 Å². The molecule has 0 unspecified atom stereocenters. The summed E-state index contributed by atoms with van der Waals surface area (Å²) < 4.78 is 5.02. The zero-order chi connectivity index (χ0) is 37.9. The van der Waals surface area contributed by atoms with E-state index in [1.807, 2.05) is 60.7 Å². The van der Waals surface area contributed by atoms with E-state index in [4.69, 9.17) is 15.0 Å². The van der Waals surface area contributed by atoms with E-state index in [1.165, 1.54) is 75.9 Å². The second-order valence-corrected chi connectivity index (χ2v) is 15.2. The molecule has 0 amide bonds. The molecule has 268 valence electrons. The number of hydrogen-bond donors (Lipinski definition) is 0. The Morgan fingerprint density at radius 3 is 1.52 bits per heavy atom. The molecule has 0 bridgehead atoms. The van der Waals surface area contributed by atoms with E-state index in [0.717, 1.165) is 27.9 Å². The smallest absolute Gasteiger partial charge is 0.164 e. The molecular formula is C53H31N5. The third-order valence-corrected chi connectivity index (χ3v) is 12.0. The molecule has 5 nitrogen and oxygen atoms in total. The van der Waals surface area contributed by atoms with Crippen LogP contribution in [0.3, 0.4) is 0 Å². The molecule has 0 saturated heterocycles. The van der Waals surface area contributed by atoms with E-state index in [-0.39, 0.29) is 0 Å². The normalized spacial score (nSPS) is 12.1. The van der Waals surface area contributed by atoms with Crippen molar-refractivity contribution in [2.24, 2.45) is 0 Å². The molecule has 0 saturated carbocycles. The van der Waals surface area contributed by atoms with Crippen molar-refractivity contribution >= 4 is 81.4 Å². The van der Waals surface area contributed by atoms with Crippen LogP contribution in [0.1, 0.15) is 0 Å². The number of fused-ring (bicyclic) bond motifs is 14. The first-order chi connectivity index (χ1) is 28.8. The van der Waals surface area contributed by atoms with Crippen LogP contribution in [0.4, 0.5) is 0 Å². The largest absolute Gasteiger partial charge is 0.309 e. The highest BCUT2D eigenvalue weighted by Crippen LogP contribution is 2.49. The summed E-state index contributed by atoms with van der Waals surface area (Å²) in [4.78, 5) is 14.9. The second-order valence-electron chi connectivity index (χ2n) is 15.2. The molecule has 0 radical (unpaired) electrons. The van der Waals surface area contributed by atoms with Gasteiger partial charge in [0.05, 0.1) is 27.6 Å². The summed E-state index contributed by atoms with van der Waals surface area (Å²) in [6.45, 7) is 0. The van der Waals surface area contributed by atoms with Crippen molar-refractivity contribution in [1.82, 2.24) is 23.9 Å². The van der Waals surface area contributed by atoms with E-state index >= 15 is 0 Å². The number of aromatic nitrogens is 5. The van der Waals surface area contributed by atoms with Crippen LogP contribution in [-0.4, -0.2) is 23.9 Å². The van der Waals surface area contributed by atoms with Gasteiger partial charge in [-0.2, -0.15) is 0 Å². The van der Waals surface area contributed by atoms with Gasteiger partial charge in [0, 0.05) is 60.1 Å². The lowest BCUT2D eigenvalue weighted by Crippen LogP contribution is -2.00. The fourth-order valence-corrected chi connectivity index (χ4v) is 9.54. The van der Waals surface area contributed by atoms with E-state index in [2.05, 4.69) is 136 Å². The lowest BCUT2D eigenvalue weighted by Gasteiger charge is -2.13. The monoisotopic (exact) mass is 737 g/mol. The maximum absolute atomic E-state index is 5.02. The van der Waals surface area contributed by atoms with Crippen LogP contribution in [0.15, 0.2) is 188 Å². The summed E-state index contributed by atoms with van der Waals surface area (Å²) in [6, 6.07) is 67.1. The van der Waals surface area contributed by atoms with Crippen LogP contribution in [0, 0.1) is 0 Å². The van der Waals surface area contributed by atoms with Gasteiger partial charge in [-0.05, 0) is 58.6 Å². The van der Waals surface area contributed by atoms with Crippen LogP contribution in [0.25, 0.3) is 121 Å². The van der Waals surface area contributed by atoms with Gasteiger partial charge in [0.15, 0.2) is 17.5 Å². The first-order valence-electron chi connectivity index (χ1n) is 19.7. The van der Waals surface area contributed by atoms with Crippen molar-refractivity contribution in [3.63, 3.8) is 0 Å². The molecule has 13 aromatic rings. The second kappa shape index (κ2) is 11.8. The highest BCUT2D eigenvalue weighted by Gasteiger charge is 2.26. The van der Waals surface area contributed by atoms with Crippen LogP contribution in [0.5, 0.6) is 0 Å². The predicted octanol–water partition coefficient (Wildman–Crippen LogP) is 13.4. The Morgan fingerprint density at radius 1 is 0.310 bits per heavy atom. The van der Waals surface area contributed by atoms with Gasteiger partial charge in [0.2, 0.25) is 0 Å². The molecule has 0 aliphatic rings. The summed E-state index contributed by atoms with van der Waals surface area (Å²) in [5.74, 6) is 1.94. The van der Waals surface area contributed by atoms with Gasteiger partial charge in [-0.15, -0.1) is 0 Å². The highest BCUT2D eigenvalue weighted by atomic mass is 15.0. The fraction of sp³-hybridized carbons (Fsp3) is 0. The van der Waals surface area contributed by atoms with Gasteiger partial charge in [0.25, 0.3) is 0 Å². The molecule has 0 N–H and O–H groups in total. The van der Waals surface area contributed by atoms with Gasteiger partial charge < -0.3 is 8.97 Å². The van der Waals surface area contributed by atoms with Gasteiger partial charge in [-0.1, -0.05) is 146 Å². The van der Waals surface area contributed by atoms with E-state index in [9.17, 15) is 0 Å². The number of para-hydroxylation sites is 2. The molecule has 58 heavy (non-hydrogen) atoms. The quantitative estimate of drug-likeness (QED) is 0.181. The first-order valence-corrected chi connectivity index (χ1v) is 19.7. The van der Waals surface area contributed by atoms with E-state index in [1.54, 1.807) is 0 Å². The molecule has 13 rings (SSSR count). The molecule has 0 aliphatic heterocycles. The zero-order valence-electron chi connectivity index (χ0n) is 31.1. The number of nitrogens with zero attached hydrogens (tertiary/aromatic N) is 5. The highest BCUT2D eigenvalue weighted by molar-refractivity contribution is 6.39. The number of benzene rings is 9. The lowest BCUT2D eigenvalue weighted by molar-refractivity contribution is 1.07. The van der Waals surface area contributed by atoms with E-state index in [0.29, 0.717) is 17.5 Å². The summed E-state index contributed by atoms with van der Waals surface area (Å²) in [7, 11) is 0. The maximum Gasteiger partial charge on any atom is 0.164 e. The SMILES string of the molecule is c1ccc(-c2nc(-c3ccccc3)nc(-c3ccc(-n4c5ccccc5c5c4c4ccccc4c4c6cccc7c8cc9ccccc9cc8n(c76)c45)cc3)n2)cc1. The van der Waals surface area contributed by atoms with Crippen LogP contribution in [-0.2, 0) is 0 Å². The van der Waals surface area contributed by atoms with Gasteiger partial charge >= 0.3 is 0 Å². The summed E-state index contributed by atoms with van der Waals surface area (Å²) in [5, 5.41) is 12.6. The minimum absolute atomic E-state index is 0.638. The summed E-state index contributed by atoms with van der Waals surface area (Å²) >= 11 is 0. The predicted molar refractivity (Wildman–Crippen MR) is 240 cm³/mol. The minimum Gasteiger partial charge on any atom is -0.309 e. The average Bonchev–Trinajstić information content (AvgIpc) is 3.94. The third-order valence-electron chi connectivity index (χ3n) is 12.0. The van der Waals surface area contributed by atoms with Crippen molar-refractivity contribution in [1.29, 1.82) is 0 Å². The number of hydrogen-bond acceptors (Lipinski definition) is 3. The standard InChI is InChI=1S/C53H31N5/c1-3-14-32(15-4-1)51-54-52(33-16-5-2-6-17-33)56-53(55-51)34-26-28-37(29-27-34)57-44-25-12-11-22-41(44)47-49(57)39-21-10-9-20-38(39)46-42-24-13-23-40-43-30-35-18-7-8-19-36(35)31-45(43)58(48(40)42)50(46)47/h1-31H. The van der Waals surface area contributed by atoms with Crippen molar-refractivity contribution in [3.05, 3.63) is 188 Å². The van der Waals surface area contributed by atoms with Crippen molar-refractivity contribution < 1.29 is 0 Å². The Morgan fingerprint density at radius 2 is 0.828 bits per heavy atom. The van der Waals surface area contributed by atoms with Gasteiger partial charge in [-0.25, -0.2) is 15.0 Å². The van der Waals surface area contributed by atoms with Crippen molar-refractivity contribution in [3.8, 4) is 39.9 Å². The molecule has 4 heterocycles. The number of rotatable bonds is 4. The Hall–Kier alpha value is -7.89. The topological polar surface area (TPSA) is 48.0 Å². The third kappa shape index (κ3) is 4.33.